The van der Waals surface area contributed by atoms with Gasteiger partial charge in [-0.3, -0.25) is 4.79 Å². The van der Waals surface area contributed by atoms with E-state index in [1.54, 1.807) is 25.3 Å². The molecule has 6 nitrogen and oxygen atoms in total. The van der Waals surface area contributed by atoms with Gasteiger partial charge >= 0.3 is 6.03 Å². The van der Waals surface area contributed by atoms with Crippen molar-refractivity contribution in [2.75, 3.05) is 19.0 Å². The van der Waals surface area contributed by atoms with Gasteiger partial charge in [-0.05, 0) is 61.6 Å². The molecule has 2 N–H and O–H groups in total. The maximum absolute atomic E-state index is 12.9. The molecule has 3 amide bonds. The molecule has 2 aromatic carbocycles. The summed E-state index contributed by atoms with van der Waals surface area (Å²) in [5.41, 5.74) is 2.30. The van der Waals surface area contributed by atoms with Gasteiger partial charge in [0.15, 0.2) is 0 Å². The zero-order valence-corrected chi connectivity index (χ0v) is 16.0. The van der Waals surface area contributed by atoms with Gasteiger partial charge in [0.2, 0.25) is 0 Å². The van der Waals surface area contributed by atoms with E-state index < -0.39 is 0 Å². The van der Waals surface area contributed by atoms with Crippen LogP contribution in [0.5, 0.6) is 5.75 Å². The van der Waals surface area contributed by atoms with Gasteiger partial charge in [-0.25, -0.2) is 4.79 Å². The number of hydrogen-bond acceptors (Lipinski definition) is 3. The molecule has 0 radical (unpaired) electrons. The van der Waals surface area contributed by atoms with E-state index in [1.165, 1.54) is 0 Å². The third-order valence-electron chi connectivity index (χ3n) is 5.30. The summed E-state index contributed by atoms with van der Waals surface area (Å²) in [4.78, 5) is 27.0. The number of rotatable bonds is 5. The zero-order valence-electron chi connectivity index (χ0n) is 16.0. The van der Waals surface area contributed by atoms with Gasteiger partial charge in [-0.1, -0.05) is 18.2 Å². The molecule has 1 aliphatic carbocycles. The second-order valence-electron chi connectivity index (χ2n) is 7.38. The highest BCUT2D eigenvalue weighted by Crippen LogP contribution is 2.33. The fourth-order valence-corrected chi connectivity index (χ4v) is 3.61. The first-order chi connectivity index (χ1) is 13.6. The van der Waals surface area contributed by atoms with Crippen molar-refractivity contribution >= 4 is 17.6 Å². The fourth-order valence-electron chi connectivity index (χ4n) is 3.61. The Morgan fingerprint density at radius 1 is 1.07 bits per heavy atom. The number of likely N-dealkylation sites (tertiary alicyclic amines) is 1. The minimum atomic E-state index is -0.141. The Kier molecular flexibility index (Phi) is 5.19. The molecule has 1 heterocycles. The number of anilines is 1. The number of hydrogen-bond donors (Lipinski definition) is 2. The number of carbonyl (C=O) groups excluding carboxylic acids is 2. The number of amides is 3. The van der Waals surface area contributed by atoms with Gasteiger partial charge in [0.25, 0.3) is 5.91 Å². The van der Waals surface area contributed by atoms with Crippen molar-refractivity contribution in [3.63, 3.8) is 0 Å². The van der Waals surface area contributed by atoms with E-state index in [0.29, 0.717) is 23.8 Å². The zero-order chi connectivity index (χ0) is 19.5. The minimum Gasteiger partial charge on any atom is -0.497 e. The van der Waals surface area contributed by atoms with Crippen LogP contribution < -0.4 is 15.4 Å². The standard InChI is InChI=1S/C22H25N3O3/c1-28-19-11-7-15(8-12-19)20-6-3-13-25(20)22(27)24-18-5-2-4-16(14-18)21(26)23-17-9-10-17/h2,4-5,7-8,11-12,14,17,20H,3,6,9-10,13H2,1H3,(H,23,26)(H,24,27). The summed E-state index contributed by atoms with van der Waals surface area (Å²) in [6.45, 7) is 0.713. The number of ether oxygens (including phenoxy) is 1. The van der Waals surface area contributed by atoms with Crippen molar-refractivity contribution in [2.24, 2.45) is 0 Å². The van der Waals surface area contributed by atoms with Crippen molar-refractivity contribution in [1.29, 1.82) is 0 Å². The van der Waals surface area contributed by atoms with Crippen molar-refractivity contribution < 1.29 is 14.3 Å². The van der Waals surface area contributed by atoms with E-state index in [0.717, 1.165) is 37.0 Å². The van der Waals surface area contributed by atoms with E-state index >= 15 is 0 Å². The summed E-state index contributed by atoms with van der Waals surface area (Å²) in [6.07, 6.45) is 3.99. The molecule has 1 saturated heterocycles. The molecular formula is C22H25N3O3. The van der Waals surface area contributed by atoms with Crippen LogP contribution >= 0.6 is 0 Å². The van der Waals surface area contributed by atoms with Crippen LogP contribution in [0, 0.1) is 0 Å². The average Bonchev–Trinajstić information content (AvgIpc) is 3.39. The van der Waals surface area contributed by atoms with Crippen LogP contribution in [0.1, 0.15) is 47.6 Å². The first-order valence-electron chi connectivity index (χ1n) is 9.76. The summed E-state index contributed by atoms with van der Waals surface area (Å²) >= 11 is 0. The van der Waals surface area contributed by atoms with Gasteiger partial charge in [-0.2, -0.15) is 0 Å². The van der Waals surface area contributed by atoms with Crippen LogP contribution in [0.3, 0.4) is 0 Å². The van der Waals surface area contributed by atoms with Gasteiger partial charge in [0, 0.05) is 23.8 Å². The van der Waals surface area contributed by atoms with Crippen LogP contribution in [0.4, 0.5) is 10.5 Å². The molecule has 2 aromatic rings. The van der Waals surface area contributed by atoms with Crippen LogP contribution in [-0.4, -0.2) is 36.5 Å². The van der Waals surface area contributed by atoms with E-state index in [1.807, 2.05) is 35.2 Å². The monoisotopic (exact) mass is 379 g/mol. The molecule has 1 unspecified atom stereocenters. The Morgan fingerprint density at radius 2 is 1.86 bits per heavy atom. The fraction of sp³-hybridized carbons (Fsp3) is 0.364. The summed E-state index contributed by atoms with van der Waals surface area (Å²) in [5, 5.41) is 5.92. The molecule has 6 heteroatoms. The normalized spacial score (nSPS) is 18.6. The number of carbonyl (C=O) groups is 2. The lowest BCUT2D eigenvalue weighted by molar-refractivity contribution is 0.0951. The molecule has 28 heavy (non-hydrogen) atoms. The maximum Gasteiger partial charge on any atom is 0.322 e. The van der Waals surface area contributed by atoms with E-state index in [2.05, 4.69) is 10.6 Å². The van der Waals surface area contributed by atoms with Crippen molar-refractivity contribution in [3.8, 4) is 5.75 Å². The molecule has 4 rings (SSSR count). The molecule has 1 aliphatic heterocycles. The van der Waals surface area contributed by atoms with Crippen molar-refractivity contribution in [1.82, 2.24) is 10.2 Å². The Balaban J connectivity index is 1.44. The lowest BCUT2D eigenvalue weighted by Gasteiger charge is -2.25. The van der Waals surface area contributed by atoms with Crippen molar-refractivity contribution in [2.45, 2.75) is 37.8 Å². The highest BCUT2D eigenvalue weighted by molar-refractivity contribution is 5.97. The summed E-state index contributed by atoms with van der Waals surface area (Å²) in [5.74, 6) is 0.718. The smallest absolute Gasteiger partial charge is 0.322 e. The van der Waals surface area contributed by atoms with Crippen LogP contribution in [0.25, 0.3) is 0 Å². The molecule has 1 saturated carbocycles. The lowest BCUT2D eigenvalue weighted by Crippen LogP contribution is -2.34. The molecule has 2 fully saturated rings. The largest absolute Gasteiger partial charge is 0.497 e. The third-order valence-corrected chi connectivity index (χ3v) is 5.30. The lowest BCUT2D eigenvalue weighted by atomic mass is 10.0. The minimum absolute atomic E-state index is 0.0484. The number of benzene rings is 2. The van der Waals surface area contributed by atoms with Gasteiger partial charge in [-0.15, -0.1) is 0 Å². The Bertz CT molecular complexity index is 862. The van der Waals surface area contributed by atoms with E-state index in [-0.39, 0.29) is 18.0 Å². The van der Waals surface area contributed by atoms with Crippen LogP contribution in [0.2, 0.25) is 0 Å². The number of methoxy groups -OCH3 is 1. The third kappa shape index (κ3) is 4.11. The molecule has 2 aliphatic rings. The second-order valence-corrected chi connectivity index (χ2v) is 7.38. The number of nitrogens with one attached hydrogen (secondary N) is 2. The van der Waals surface area contributed by atoms with E-state index in [4.69, 9.17) is 4.74 Å². The molecule has 0 spiro atoms. The first-order valence-corrected chi connectivity index (χ1v) is 9.76. The van der Waals surface area contributed by atoms with E-state index in [9.17, 15) is 9.59 Å². The van der Waals surface area contributed by atoms with Gasteiger partial charge < -0.3 is 20.3 Å². The second kappa shape index (κ2) is 7.92. The van der Waals surface area contributed by atoms with Crippen molar-refractivity contribution in [3.05, 3.63) is 59.7 Å². The van der Waals surface area contributed by atoms with Gasteiger partial charge in [0.1, 0.15) is 5.75 Å². The first kappa shape index (κ1) is 18.3. The SMILES string of the molecule is COc1ccc(C2CCCN2C(=O)Nc2cccc(C(=O)NC3CC3)c2)cc1. The summed E-state index contributed by atoms with van der Waals surface area (Å²) < 4.78 is 5.22. The maximum atomic E-state index is 12.9. The summed E-state index contributed by atoms with van der Waals surface area (Å²) in [7, 11) is 1.64. The molecule has 0 aromatic heterocycles. The number of nitrogens with zero attached hydrogens (tertiary/aromatic N) is 1. The molecule has 1 atom stereocenters. The number of urea groups is 1. The van der Waals surface area contributed by atoms with Crippen LogP contribution in [-0.2, 0) is 0 Å². The average molecular weight is 379 g/mol. The summed E-state index contributed by atoms with van der Waals surface area (Å²) in [6, 6.07) is 15.2. The molecule has 0 bridgehead atoms. The molecular weight excluding hydrogens is 354 g/mol. The quantitative estimate of drug-likeness (QED) is 0.826. The highest BCUT2D eigenvalue weighted by atomic mass is 16.5. The van der Waals surface area contributed by atoms with Gasteiger partial charge in [0.05, 0.1) is 13.2 Å². The predicted octanol–water partition coefficient (Wildman–Crippen LogP) is 3.96. The Hall–Kier alpha value is -3.02. The molecule has 146 valence electrons. The Labute approximate surface area is 164 Å². The highest BCUT2D eigenvalue weighted by Gasteiger charge is 2.30. The Morgan fingerprint density at radius 3 is 2.57 bits per heavy atom. The van der Waals surface area contributed by atoms with Crippen LogP contribution in [0.15, 0.2) is 48.5 Å². The topological polar surface area (TPSA) is 70.7 Å². The predicted molar refractivity (Wildman–Crippen MR) is 108 cm³/mol.